The fourth-order valence-corrected chi connectivity index (χ4v) is 2.48. The Balaban J connectivity index is 2.08. The zero-order chi connectivity index (χ0) is 14.6. The second-order valence-corrected chi connectivity index (χ2v) is 6.15. The van der Waals surface area contributed by atoms with Gasteiger partial charge in [-0.2, -0.15) is 0 Å². The zero-order valence-electron chi connectivity index (χ0n) is 10.7. The van der Waals surface area contributed by atoms with Crippen LogP contribution in [0.2, 0.25) is 5.02 Å². The number of nitrogens with one attached hydrogen (secondary N) is 2. The van der Waals surface area contributed by atoms with Crippen LogP contribution in [-0.4, -0.2) is 25.4 Å². The summed E-state index contributed by atoms with van der Waals surface area (Å²) >= 11 is 5.77. The summed E-state index contributed by atoms with van der Waals surface area (Å²) in [6.07, 6.45) is 2.51. The van der Waals surface area contributed by atoms with Gasteiger partial charge in [0.1, 0.15) is 4.90 Å². The number of hydrogen-bond donors (Lipinski definition) is 2. The van der Waals surface area contributed by atoms with Crippen molar-refractivity contribution >= 4 is 27.6 Å². The Bertz CT molecular complexity index is 672. The highest BCUT2D eigenvalue weighted by atomic mass is 35.5. The summed E-state index contributed by atoms with van der Waals surface area (Å²) in [7, 11) is -1.97. The molecule has 0 unspecified atom stereocenters. The molecular weight excluding hydrogens is 300 g/mol. The van der Waals surface area contributed by atoms with Crippen LogP contribution in [0.5, 0.6) is 0 Å². The van der Waals surface area contributed by atoms with E-state index in [0.717, 1.165) is 5.56 Å². The molecule has 0 bridgehead atoms. The van der Waals surface area contributed by atoms with Gasteiger partial charge < -0.3 is 5.32 Å². The van der Waals surface area contributed by atoms with Gasteiger partial charge in [0.2, 0.25) is 16.0 Å². The fraction of sp³-hybridized carbons (Fsp3) is 0.167. The van der Waals surface area contributed by atoms with E-state index < -0.39 is 10.0 Å². The van der Waals surface area contributed by atoms with Crippen LogP contribution in [0.4, 0.5) is 5.95 Å². The minimum absolute atomic E-state index is 0.0189. The third-order valence-electron chi connectivity index (χ3n) is 2.54. The highest BCUT2D eigenvalue weighted by Crippen LogP contribution is 2.11. The molecule has 0 aliphatic heterocycles. The van der Waals surface area contributed by atoms with Crippen molar-refractivity contribution < 1.29 is 8.42 Å². The smallest absolute Gasteiger partial charge is 0.243 e. The van der Waals surface area contributed by atoms with Crippen LogP contribution >= 0.6 is 11.6 Å². The molecule has 2 N–H and O–H groups in total. The van der Waals surface area contributed by atoms with Crippen molar-refractivity contribution in [1.82, 2.24) is 14.7 Å². The Hall–Kier alpha value is -1.70. The molecule has 8 heteroatoms. The third kappa shape index (κ3) is 3.66. The number of sulfonamides is 1. The molecule has 1 aromatic carbocycles. The molecule has 0 fully saturated rings. The van der Waals surface area contributed by atoms with E-state index in [1.165, 1.54) is 12.4 Å². The molecule has 2 aromatic rings. The van der Waals surface area contributed by atoms with Gasteiger partial charge in [-0.15, -0.1) is 0 Å². The Morgan fingerprint density at radius 2 is 1.75 bits per heavy atom. The average Bonchev–Trinajstić information content (AvgIpc) is 2.47. The number of aromatic nitrogens is 2. The van der Waals surface area contributed by atoms with Crippen molar-refractivity contribution in [3.8, 4) is 0 Å². The monoisotopic (exact) mass is 312 g/mol. The molecule has 0 spiro atoms. The number of nitrogens with zero attached hydrogens (tertiary/aromatic N) is 2. The van der Waals surface area contributed by atoms with Gasteiger partial charge in [0.05, 0.1) is 12.4 Å². The maximum Gasteiger partial charge on any atom is 0.243 e. The van der Waals surface area contributed by atoms with E-state index in [1.807, 2.05) is 0 Å². The lowest BCUT2D eigenvalue weighted by Gasteiger charge is -2.07. The van der Waals surface area contributed by atoms with E-state index >= 15 is 0 Å². The van der Waals surface area contributed by atoms with Gasteiger partial charge in [0.15, 0.2) is 0 Å². The predicted molar refractivity (Wildman–Crippen MR) is 77.1 cm³/mol. The Kier molecular flexibility index (Phi) is 4.53. The summed E-state index contributed by atoms with van der Waals surface area (Å²) in [4.78, 5) is 7.76. The third-order valence-corrected chi connectivity index (χ3v) is 4.15. The zero-order valence-corrected chi connectivity index (χ0v) is 12.2. The van der Waals surface area contributed by atoms with Crippen LogP contribution in [0.3, 0.4) is 0 Å². The molecule has 1 heterocycles. The van der Waals surface area contributed by atoms with E-state index in [-0.39, 0.29) is 11.4 Å². The summed E-state index contributed by atoms with van der Waals surface area (Å²) in [6.45, 7) is 0.174. The highest BCUT2D eigenvalue weighted by Gasteiger charge is 2.14. The molecule has 0 saturated heterocycles. The van der Waals surface area contributed by atoms with Crippen LogP contribution in [0.15, 0.2) is 41.6 Å². The lowest BCUT2D eigenvalue weighted by Crippen LogP contribution is -2.23. The second-order valence-electron chi connectivity index (χ2n) is 3.94. The minimum atomic E-state index is -3.63. The molecule has 20 heavy (non-hydrogen) atoms. The molecule has 0 aliphatic carbocycles. The summed E-state index contributed by atoms with van der Waals surface area (Å²) < 4.78 is 26.5. The number of benzene rings is 1. The topological polar surface area (TPSA) is 84.0 Å². The second kappa shape index (κ2) is 6.17. The van der Waals surface area contributed by atoms with E-state index in [1.54, 1.807) is 31.3 Å². The Morgan fingerprint density at radius 3 is 2.30 bits per heavy atom. The summed E-state index contributed by atoms with van der Waals surface area (Å²) in [5.41, 5.74) is 0.811. The Morgan fingerprint density at radius 1 is 1.15 bits per heavy atom. The molecule has 1 aromatic heterocycles. The Labute approximate surface area is 122 Å². The van der Waals surface area contributed by atoms with Crippen molar-refractivity contribution in [3.05, 3.63) is 47.2 Å². The van der Waals surface area contributed by atoms with Crippen molar-refractivity contribution in [2.45, 2.75) is 11.4 Å². The molecule has 106 valence electrons. The quantitative estimate of drug-likeness (QED) is 0.877. The van der Waals surface area contributed by atoms with E-state index in [9.17, 15) is 8.42 Å². The van der Waals surface area contributed by atoms with Crippen molar-refractivity contribution in [1.29, 1.82) is 0 Å². The lowest BCUT2D eigenvalue weighted by atomic mass is 10.2. The van der Waals surface area contributed by atoms with E-state index in [2.05, 4.69) is 20.0 Å². The van der Waals surface area contributed by atoms with Gasteiger partial charge in [-0.1, -0.05) is 23.7 Å². The summed E-state index contributed by atoms with van der Waals surface area (Å²) in [5.74, 6) is 0.363. The lowest BCUT2D eigenvalue weighted by molar-refractivity contribution is 0.580. The molecule has 0 saturated carbocycles. The van der Waals surface area contributed by atoms with Crippen LogP contribution in [-0.2, 0) is 16.6 Å². The first-order valence-electron chi connectivity index (χ1n) is 5.75. The molecular formula is C12H13ClN4O2S. The summed E-state index contributed by atoms with van der Waals surface area (Å²) in [6, 6.07) is 6.92. The first kappa shape index (κ1) is 14.7. The van der Waals surface area contributed by atoms with Crippen LogP contribution < -0.4 is 10.0 Å². The van der Waals surface area contributed by atoms with E-state index in [4.69, 9.17) is 11.6 Å². The average molecular weight is 313 g/mol. The van der Waals surface area contributed by atoms with Gasteiger partial charge in [-0.05, 0) is 17.7 Å². The van der Waals surface area contributed by atoms with Crippen LogP contribution in [0, 0.1) is 0 Å². The maximum absolute atomic E-state index is 12.0. The van der Waals surface area contributed by atoms with Crippen molar-refractivity contribution in [3.63, 3.8) is 0 Å². The fourth-order valence-electron chi connectivity index (χ4n) is 1.45. The first-order valence-corrected chi connectivity index (χ1v) is 7.61. The van der Waals surface area contributed by atoms with Crippen molar-refractivity contribution in [2.75, 3.05) is 12.4 Å². The normalized spacial score (nSPS) is 11.3. The van der Waals surface area contributed by atoms with Gasteiger partial charge in [0, 0.05) is 18.6 Å². The SMILES string of the molecule is CNc1ncc(S(=O)(=O)NCc2ccc(Cl)cc2)cn1. The molecule has 0 amide bonds. The standard InChI is InChI=1S/C12H13ClN4O2S/c1-14-12-15-7-11(8-16-12)20(18,19)17-6-9-2-4-10(13)5-3-9/h2-5,7-8,17H,6H2,1H3,(H,14,15,16). The molecule has 0 atom stereocenters. The van der Waals surface area contributed by atoms with Gasteiger partial charge >= 0.3 is 0 Å². The summed E-state index contributed by atoms with van der Waals surface area (Å²) in [5, 5.41) is 3.32. The van der Waals surface area contributed by atoms with Gasteiger partial charge in [-0.3, -0.25) is 0 Å². The molecule has 0 radical (unpaired) electrons. The molecule has 6 nitrogen and oxygen atoms in total. The number of anilines is 1. The predicted octanol–water partition coefficient (Wildman–Crippen LogP) is 1.65. The minimum Gasteiger partial charge on any atom is -0.357 e. The number of rotatable bonds is 5. The highest BCUT2D eigenvalue weighted by molar-refractivity contribution is 7.89. The van der Waals surface area contributed by atoms with Gasteiger partial charge in [0.25, 0.3) is 0 Å². The number of hydrogen-bond acceptors (Lipinski definition) is 5. The number of halogens is 1. The van der Waals surface area contributed by atoms with Crippen LogP contribution in [0.1, 0.15) is 5.56 Å². The molecule has 2 rings (SSSR count). The molecule has 0 aliphatic rings. The van der Waals surface area contributed by atoms with Gasteiger partial charge in [-0.25, -0.2) is 23.1 Å². The maximum atomic E-state index is 12.0. The van der Waals surface area contributed by atoms with Crippen molar-refractivity contribution in [2.24, 2.45) is 0 Å². The van der Waals surface area contributed by atoms with Crippen LogP contribution in [0.25, 0.3) is 0 Å². The first-order chi connectivity index (χ1) is 9.51. The van der Waals surface area contributed by atoms with E-state index in [0.29, 0.717) is 11.0 Å². The largest absolute Gasteiger partial charge is 0.357 e.